The van der Waals surface area contributed by atoms with E-state index in [0.717, 1.165) is 12.8 Å². The van der Waals surface area contributed by atoms with Gasteiger partial charge in [0.2, 0.25) is 0 Å². The third-order valence-electron chi connectivity index (χ3n) is 2.52. The van der Waals surface area contributed by atoms with Gasteiger partial charge in [-0.25, -0.2) is 4.39 Å². The van der Waals surface area contributed by atoms with Crippen molar-refractivity contribution in [2.24, 2.45) is 16.8 Å². The average molecular weight is 254 g/mol. The fourth-order valence-corrected chi connectivity index (χ4v) is 1.51. The van der Waals surface area contributed by atoms with Crippen molar-refractivity contribution in [2.75, 3.05) is 6.61 Å². The summed E-state index contributed by atoms with van der Waals surface area (Å²) in [6.45, 7) is 4.75. The maximum atomic E-state index is 13.6. The van der Waals surface area contributed by atoms with E-state index in [-0.39, 0.29) is 11.6 Å². The molecule has 1 rings (SSSR count). The molecule has 0 amide bonds. The lowest BCUT2D eigenvalue weighted by Gasteiger charge is -2.09. The molecule has 0 aliphatic heterocycles. The molecule has 0 heterocycles. The fourth-order valence-electron chi connectivity index (χ4n) is 1.51. The zero-order valence-electron chi connectivity index (χ0n) is 10.7. The molecule has 0 radical (unpaired) electrons. The zero-order chi connectivity index (χ0) is 13.5. The lowest BCUT2D eigenvalue weighted by Crippen LogP contribution is -2.13. The summed E-state index contributed by atoms with van der Waals surface area (Å²) in [7, 11) is 0. The molecule has 1 aromatic carbocycles. The lowest BCUT2D eigenvalue weighted by molar-refractivity contribution is 0.284. The van der Waals surface area contributed by atoms with Gasteiger partial charge in [0.25, 0.3) is 0 Å². The first-order valence-electron chi connectivity index (χ1n) is 5.95. The number of oxime groups is 1. The van der Waals surface area contributed by atoms with Gasteiger partial charge in [-0.2, -0.15) is 0 Å². The molecule has 1 aromatic rings. The van der Waals surface area contributed by atoms with E-state index in [9.17, 15) is 4.39 Å². The van der Waals surface area contributed by atoms with E-state index in [0.29, 0.717) is 18.1 Å². The summed E-state index contributed by atoms with van der Waals surface area (Å²) in [5.74, 6) is 0.165. The summed E-state index contributed by atoms with van der Waals surface area (Å²) in [6.07, 6.45) is 1.93. The molecule has 100 valence electrons. The number of benzene rings is 1. The largest absolute Gasteiger partial charge is 0.491 e. The van der Waals surface area contributed by atoms with Crippen LogP contribution in [0.2, 0.25) is 0 Å². The summed E-state index contributed by atoms with van der Waals surface area (Å²) in [5.41, 5.74) is 5.68. The molecule has 3 N–H and O–H groups in total. The van der Waals surface area contributed by atoms with Crippen molar-refractivity contribution >= 4 is 5.84 Å². The van der Waals surface area contributed by atoms with Crippen molar-refractivity contribution in [1.82, 2.24) is 0 Å². The number of ether oxygens (including phenoxy) is 1. The summed E-state index contributed by atoms with van der Waals surface area (Å²) in [6, 6.07) is 4.22. The Balaban J connectivity index is 2.58. The van der Waals surface area contributed by atoms with Crippen LogP contribution in [0.5, 0.6) is 5.75 Å². The summed E-state index contributed by atoms with van der Waals surface area (Å²) >= 11 is 0. The highest BCUT2D eigenvalue weighted by atomic mass is 19.1. The van der Waals surface area contributed by atoms with Gasteiger partial charge in [0.15, 0.2) is 17.4 Å². The molecule has 0 aliphatic carbocycles. The van der Waals surface area contributed by atoms with Crippen molar-refractivity contribution in [3.63, 3.8) is 0 Å². The number of nitrogens with two attached hydrogens (primary N) is 1. The van der Waals surface area contributed by atoms with E-state index < -0.39 is 5.82 Å². The second kappa shape index (κ2) is 6.83. The lowest BCUT2D eigenvalue weighted by atomic mass is 10.1. The van der Waals surface area contributed by atoms with Gasteiger partial charge in [-0.05, 0) is 37.0 Å². The minimum Gasteiger partial charge on any atom is -0.491 e. The first-order chi connectivity index (χ1) is 8.54. The maximum absolute atomic E-state index is 13.6. The van der Waals surface area contributed by atoms with Crippen molar-refractivity contribution in [1.29, 1.82) is 0 Å². The van der Waals surface area contributed by atoms with Crippen LogP contribution in [0.25, 0.3) is 0 Å². The second-order valence-electron chi connectivity index (χ2n) is 4.51. The normalized spacial score (nSPS) is 11.9. The minimum absolute atomic E-state index is 0.125. The van der Waals surface area contributed by atoms with Gasteiger partial charge in [0, 0.05) is 5.56 Å². The van der Waals surface area contributed by atoms with Gasteiger partial charge >= 0.3 is 0 Å². The molecule has 0 aromatic heterocycles. The summed E-state index contributed by atoms with van der Waals surface area (Å²) in [5, 5.41) is 11.3. The zero-order valence-corrected chi connectivity index (χ0v) is 10.7. The number of nitrogens with zero attached hydrogens (tertiary/aromatic N) is 1. The summed E-state index contributed by atoms with van der Waals surface area (Å²) < 4.78 is 19.0. The topological polar surface area (TPSA) is 67.8 Å². The van der Waals surface area contributed by atoms with Gasteiger partial charge in [0.05, 0.1) is 6.61 Å². The minimum atomic E-state index is -0.511. The predicted octanol–water partition coefficient (Wildman–Crippen LogP) is 2.74. The standard InChI is InChI=1S/C13H19FN2O2/c1-9(2)4-3-7-18-12-6-5-10(8-11(12)14)13(15)16-17/h5-6,8-9,17H,3-4,7H2,1-2H3,(H2,15,16). The molecule has 0 bridgehead atoms. The smallest absolute Gasteiger partial charge is 0.170 e. The summed E-state index contributed by atoms with van der Waals surface area (Å²) in [4.78, 5) is 0. The van der Waals surface area contributed by atoms with Crippen LogP contribution in [0.4, 0.5) is 4.39 Å². The number of hydrogen-bond acceptors (Lipinski definition) is 3. The van der Waals surface area contributed by atoms with E-state index in [1.54, 1.807) is 6.07 Å². The van der Waals surface area contributed by atoms with Crippen LogP contribution in [-0.2, 0) is 0 Å². The Hall–Kier alpha value is -1.78. The molecule has 5 heteroatoms. The van der Waals surface area contributed by atoms with Crippen molar-refractivity contribution < 1.29 is 14.3 Å². The quantitative estimate of drug-likeness (QED) is 0.270. The predicted molar refractivity (Wildman–Crippen MR) is 68.5 cm³/mol. The van der Waals surface area contributed by atoms with Crippen LogP contribution in [0, 0.1) is 11.7 Å². The van der Waals surface area contributed by atoms with Crippen LogP contribution in [0.3, 0.4) is 0 Å². The average Bonchev–Trinajstić information content (AvgIpc) is 2.34. The SMILES string of the molecule is CC(C)CCCOc1ccc(/C(N)=N/O)cc1F. The fraction of sp³-hybridized carbons (Fsp3) is 0.462. The van der Waals surface area contributed by atoms with Gasteiger partial charge in [-0.1, -0.05) is 19.0 Å². The molecule has 0 spiro atoms. The number of amidine groups is 1. The monoisotopic (exact) mass is 254 g/mol. The van der Waals surface area contributed by atoms with E-state index in [4.69, 9.17) is 15.7 Å². The van der Waals surface area contributed by atoms with E-state index >= 15 is 0 Å². The Morgan fingerprint density at radius 1 is 1.50 bits per heavy atom. The highest BCUT2D eigenvalue weighted by Crippen LogP contribution is 2.19. The molecule has 4 nitrogen and oxygen atoms in total. The van der Waals surface area contributed by atoms with Crippen LogP contribution < -0.4 is 10.5 Å². The van der Waals surface area contributed by atoms with E-state index in [1.807, 2.05) is 0 Å². The van der Waals surface area contributed by atoms with Crippen molar-refractivity contribution in [2.45, 2.75) is 26.7 Å². The Morgan fingerprint density at radius 3 is 2.78 bits per heavy atom. The molecule has 0 unspecified atom stereocenters. The van der Waals surface area contributed by atoms with Gasteiger partial charge < -0.3 is 15.7 Å². The molecular weight excluding hydrogens is 235 g/mol. The molecule has 0 atom stereocenters. The van der Waals surface area contributed by atoms with Crippen LogP contribution >= 0.6 is 0 Å². The van der Waals surface area contributed by atoms with Crippen LogP contribution in [0.1, 0.15) is 32.3 Å². The van der Waals surface area contributed by atoms with E-state index in [1.165, 1.54) is 12.1 Å². The van der Waals surface area contributed by atoms with Crippen LogP contribution in [-0.4, -0.2) is 17.6 Å². The van der Waals surface area contributed by atoms with Crippen LogP contribution in [0.15, 0.2) is 23.4 Å². The first-order valence-corrected chi connectivity index (χ1v) is 5.95. The highest BCUT2D eigenvalue weighted by Gasteiger charge is 2.07. The molecule has 0 aliphatic rings. The van der Waals surface area contributed by atoms with Crippen molar-refractivity contribution in [3.05, 3.63) is 29.6 Å². The Kier molecular flexibility index (Phi) is 5.42. The Morgan fingerprint density at radius 2 is 2.22 bits per heavy atom. The third-order valence-corrected chi connectivity index (χ3v) is 2.52. The van der Waals surface area contributed by atoms with Gasteiger partial charge in [-0.3, -0.25) is 0 Å². The van der Waals surface area contributed by atoms with Gasteiger partial charge in [-0.15, -0.1) is 0 Å². The molecule has 0 fully saturated rings. The molecule has 0 saturated carbocycles. The number of halogens is 1. The number of rotatable bonds is 6. The Labute approximate surface area is 106 Å². The highest BCUT2D eigenvalue weighted by molar-refractivity contribution is 5.97. The van der Waals surface area contributed by atoms with Crippen molar-refractivity contribution in [3.8, 4) is 5.75 Å². The molecular formula is C13H19FN2O2. The Bertz CT molecular complexity index is 419. The second-order valence-corrected chi connectivity index (χ2v) is 4.51. The first kappa shape index (κ1) is 14.3. The number of hydrogen-bond donors (Lipinski definition) is 2. The van der Waals surface area contributed by atoms with Gasteiger partial charge in [0.1, 0.15) is 0 Å². The molecule has 0 saturated heterocycles. The van der Waals surface area contributed by atoms with E-state index in [2.05, 4.69) is 19.0 Å². The molecule has 18 heavy (non-hydrogen) atoms. The third kappa shape index (κ3) is 4.24. The maximum Gasteiger partial charge on any atom is 0.170 e.